The van der Waals surface area contributed by atoms with Gasteiger partial charge in [-0.2, -0.15) is 0 Å². The molecule has 164 valence electrons. The first kappa shape index (κ1) is 21.5. The van der Waals surface area contributed by atoms with Crippen LogP contribution in [0.4, 0.5) is 0 Å². The Morgan fingerprint density at radius 3 is 2.23 bits per heavy atom. The van der Waals surface area contributed by atoms with Gasteiger partial charge in [0.2, 0.25) is 11.8 Å². The SMILES string of the molecule is CN1CCc2cccc(c2)-c2cccc(c2)CCC(N2CCOCC2)C(=O)NCC1=O. The van der Waals surface area contributed by atoms with Gasteiger partial charge in [0, 0.05) is 26.7 Å². The van der Waals surface area contributed by atoms with Gasteiger partial charge >= 0.3 is 0 Å². The molecule has 2 aliphatic heterocycles. The molecule has 2 aromatic carbocycles. The van der Waals surface area contributed by atoms with Crippen LogP contribution in [0.3, 0.4) is 0 Å². The van der Waals surface area contributed by atoms with Gasteiger partial charge in [0.05, 0.1) is 25.8 Å². The summed E-state index contributed by atoms with van der Waals surface area (Å²) >= 11 is 0. The van der Waals surface area contributed by atoms with E-state index in [-0.39, 0.29) is 24.4 Å². The number of nitrogens with zero attached hydrogens (tertiary/aromatic N) is 2. The molecule has 0 spiro atoms. The number of hydrogen-bond donors (Lipinski definition) is 1. The number of ether oxygens (including phenoxy) is 1. The van der Waals surface area contributed by atoms with Crippen LogP contribution in [-0.2, 0) is 27.2 Å². The summed E-state index contributed by atoms with van der Waals surface area (Å²) in [6.07, 6.45) is 2.29. The highest BCUT2D eigenvalue weighted by molar-refractivity contribution is 5.87. The zero-order valence-corrected chi connectivity index (χ0v) is 18.2. The van der Waals surface area contributed by atoms with Crippen LogP contribution in [0.15, 0.2) is 48.5 Å². The number of morpholine rings is 1. The Morgan fingerprint density at radius 2 is 1.55 bits per heavy atom. The molecule has 2 heterocycles. The number of carbonyl (C=O) groups excluding carboxylic acids is 2. The van der Waals surface area contributed by atoms with Crippen molar-refractivity contribution in [1.29, 1.82) is 0 Å². The van der Waals surface area contributed by atoms with Crippen LogP contribution >= 0.6 is 0 Å². The lowest BCUT2D eigenvalue weighted by Crippen LogP contribution is -2.52. The van der Waals surface area contributed by atoms with Gasteiger partial charge in [-0.3, -0.25) is 14.5 Å². The lowest BCUT2D eigenvalue weighted by molar-refractivity contribution is -0.134. The molecule has 4 rings (SSSR count). The van der Waals surface area contributed by atoms with Crippen molar-refractivity contribution < 1.29 is 14.3 Å². The Hall–Kier alpha value is -2.70. The molecule has 0 aliphatic carbocycles. The van der Waals surface area contributed by atoms with Crippen molar-refractivity contribution in [3.63, 3.8) is 0 Å². The largest absolute Gasteiger partial charge is 0.379 e. The zero-order valence-electron chi connectivity index (χ0n) is 18.2. The van der Waals surface area contributed by atoms with Crippen LogP contribution in [0.1, 0.15) is 17.5 Å². The summed E-state index contributed by atoms with van der Waals surface area (Å²) in [6.45, 7) is 3.39. The number of carbonyl (C=O) groups is 2. The van der Waals surface area contributed by atoms with Crippen LogP contribution in [0.5, 0.6) is 0 Å². The molecule has 1 fully saturated rings. The van der Waals surface area contributed by atoms with E-state index >= 15 is 0 Å². The van der Waals surface area contributed by atoms with Crippen molar-refractivity contribution in [2.75, 3.05) is 46.4 Å². The standard InChI is InChI=1S/C25H31N3O3/c1-27-11-10-20-5-3-7-22(17-20)21-6-2-4-19(16-21)8-9-23(25(30)26-18-24(27)29)28-12-14-31-15-13-28/h2-7,16-17,23H,8-15,18H2,1H3,(H,26,30). The van der Waals surface area contributed by atoms with Crippen LogP contribution in [-0.4, -0.2) is 74.1 Å². The van der Waals surface area contributed by atoms with Crippen molar-refractivity contribution >= 4 is 11.8 Å². The molecule has 1 unspecified atom stereocenters. The molecule has 2 aliphatic rings. The maximum absolute atomic E-state index is 13.1. The lowest BCUT2D eigenvalue weighted by atomic mass is 9.97. The fraction of sp³-hybridized carbons (Fsp3) is 0.440. The van der Waals surface area contributed by atoms with Crippen LogP contribution in [0.2, 0.25) is 0 Å². The predicted molar refractivity (Wildman–Crippen MR) is 121 cm³/mol. The van der Waals surface area contributed by atoms with Gasteiger partial charge in [-0.05, 0) is 41.5 Å². The van der Waals surface area contributed by atoms with Crippen LogP contribution < -0.4 is 5.32 Å². The van der Waals surface area contributed by atoms with E-state index in [1.165, 1.54) is 22.3 Å². The molecule has 2 aromatic rings. The molecule has 0 saturated carbocycles. The maximum atomic E-state index is 13.1. The Kier molecular flexibility index (Phi) is 6.99. The van der Waals surface area contributed by atoms with Crippen molar-refractivity contribution in [2.45, 2.75) is 25.3 Å². The van der Waals surface area contributed by atoms with Gasteiger partial charge in [-0.25, -0.2) is 0 Å². The Labute approximate surface area is 184 Å². The highest BCUT2D eigenvalue weighted by Gasteiger charge is 2.27. The van der Waals surface area contributed by atoms with Gasteiger partial charge < -0.3 is 15.0 Å². The number of rotatable bonds is 1. The molecule has 0 radical (unpaired) electrons. The number of fused-ring (bicyclic) bond motifs is 5. The van der Waals surface area contributed by atoms with E-state index in [9.17, 15) is 9.59 Å². The van der Waals surface area contributed by atoms with Crippen molar-refractivity contribution in [1.82, 2.24) is 15.1 Å². The number of likely N-dealkylation sites (N-methyl/N-ethyl adjacent to an activating group) is 1. The van der Waals surface area contributed by atoms with E-state index < -0.39 is 0 Å². The van der Waals surface area contributed by atoms with Crippen LogP contribution in [0.25, 0.3) is 11.1 Å². The zero-order chi connectivity index (χ0) is 21.6. The third-order valence-corrected chi connectivity index (χ3v) is 6.26. The first-order valence-corrected chi connectivity index (χ1v) is 11.1. The van der Waals surface area contributed by atoms with E-state index in [4.69, 9.17) is 4.74 Å². The fourth-order valence-electron chi connectivity index (χ4n) is 4.32. The van der Waals surface area contributed by atoms with Crippen molar-refractivity contribution in [3.8, 4) is 11.1 Å². The molecule has 6 nitrogen and oxygen atoms in total. The Morgan fingerprint density at radius 1 is 0.903 bits per heavy atom. The molecular weight excluding hydrogens is 390 g/mol. The third kappa shape index (κ3) is 5.51. The Balaban J connectivity index is 1.62. The van der Waals surface area contributed by atoms with Crippen LogP contribution in [0, 0.1) is 0 Å². The summed E-state index contributed by atoms with van der Waals surface area (Å²) in [6, 6.07) is 16.8. The number of aryl methyl sites for hydroxylation is 1. The van der Waals surface area contributed by atoms with Gasteiger partial charge in [0.25, 0.3) is 0 Å². The fourth-order valence-corrected chi connectivity index (χ4v) is 4.32. The van der Waals surface area contributed by atoms with E-state index in [2.05, 4.69) is 58.7 Å². The molecule has 4 bridgehead atoms. The summed E-state index contributed by atoms with van der Waals surface area (Å²) < 4.78 is 5.47. The molecule has 1 saturated heterocycles. The predicted octanol–water partition coefficient (Wildman–Crippen LogP) is 2.12. The van der Waals surface area contributed by atoms with E-state index in [0.29, 0.717) is 26.2 Å². The highest BCUT2D eigenvalue weighted by Crippen LogP contribution is 2.23. The molecule has 1 atom stereocenters. The van der Waals surface area contributed by atoms with Crippen molar-refractivity contribution in [3.05, 3.63) is 59.7 Å². The lowest BCUT2D eigenvalue weighted by Gasteiger charge is -2.33. The topological polar surface area (TPSA) is 61.9 Å². The summed E-state index contributed by atoms with van der Waals surface area (Å²) in [4.78, 5) is 29.5. The first-order valence-electron chi connectivity index (χ1n) is 11.1. The highest BCUT2D eigenvalue weighted by atomic mass is 16.5. The molecule has 6 heteroatoms. The van der Waals surface area contributed by atoms with Gasteiger partial charge in [-0.15, -0.1) is 0 Å². The number of benzene rings is 2. The second kappa shape index (κ2) is 10.1. The normalized spacial score (nSPS) is 21.6. The molecule has 0 aromatic heterocycles. The summed E-state index contributed by atoms with van der Waals surface area (Å²) in [7, 11) is 1.80. The van der Waals surface area contributed by atoms with E-state index in [0.717, 1.165) is 25.9 Å². The summed E-state index contributed by atoms with van der Waals surface area (Å²) in [5.41, 5.74) is 4.79. The third-order valence-electron chi connectivity index (χ3n) is 6.26. The number of nitrogens with one attached hydrogen (secondary N) is 1. The van der Waals surface area contributed by atoms with E-state index in [1.54, 1.807) is 11.9 Å². The molecule has 2 amide bonds. The quantitative estimate of drug-likeness (QED) is 0.766. The summed E-state index contributed by atoms with van der Waals surface area (Å²) in [5, 5.41) is 2.89. The van der Waals surface area contributed by atoms with Crippen molar-refractivity contribution in [2.24, 2.45) is 0 Å². The average Bonchev–Trinajstić information content (AvgIpc) is 2.81. The smallest absolute Gasteiger partial charge is 0.241 e. The molecule has 31 heavy (non-hydrogen) atoms. The Bertz CT molecular complexity index is 924. The first-order chi connectivity index (χ1) is 15.1. The minimum absolute atomic E-state index is 0.0334. The molecular formula is C25H31N3O3. The number of hydrogen-bond acceptors (Lipinski definition) is 4. The van der Waals surface area contributed by atoms with Gasteiger partial charge in [0.1, 0.15) is 0 Å². The monoisotopic (exact) mass is 421 g/mol. The second-order valence-corrected chi connectivity index (χ2v) is 8.39. The summed E-state index contributed by atoms with van der Waals surface area (Å²) in [5.74, 6) is -0.139. The second-order valence-electron chi connectivity index (χ2n) is 8.39. The maximum Gasteiger partial charge on any atom is 0.241 e. The van der Waals surface area contributed by atoms with Gasteiger partial charge in [-0.1, -0.05) is 48.5 Å². The minimum atomic E-state index is -0.262. The number of amides is 2. The molecule has 1 N–H and O–H groups in total. The average molecular weight is 422 g/mol. The van der Waals surface area contributed by atoms with E-state index in [1.807, 2.05) is 0 Å². The van der Waals surface area contributed by atoms with Gasteiger partial charge in [0.15, 0.2) is 0 Å². The minimum Gasteiger partial charge on any atom is -0.379 e.